The second-order valence-corrected chi connectivity index (χ2v) is 18.0. The largest absolute Gasteiger partial charge is 0.413 e. The van der Waals surface area contributed by atoms with Gasteiger partial charge in [0.05, 0.1) is 6.61 Å². The van der Waals surface area contributed by atoms with E-state index >= 15 is 0 Å². The van der Waals surface area contributed by atoms with Gasteiger partial charge in [-0.15, -0.1) is 0 Å². The molecule has 0 radical (unpaired) electrons. The molecule has 174 valence electrons. The van der Waals surface area contributed by atoms with Crippen molar-refractivity contribution in [1.82, 2.24) is 0 Å². The summed E-state index contributed by atoms with van der Waals surface area (Å²) in [5, 5.41) is 0.191. The molecule has 2 aromatic rings. The number of hydrogen-bond acceptors (Lipinski definition) is 1. The van der Waals surface area contributed by atoms with Gasteiger partial charge in [-0.25, -0.2) is 0 Å². The molecule has 0 heterocycles. The normalized spacial score (nSPS) is 18.4. The van der Waals surface area contributed by atoms with Gasteiger partial charge in [-0.05, 0) is 87.8 Å². The van der Waals surface area contributed by atoms with Crippen molar-refractivity contribution in [3.05, 3.63) is 69.2 Å². The van der Waals surface area contributed by atoms with Crippen LogP contribution >= 0.6 is 15.9 Å². The van der Waals surface area contributed by atoms with Crippen molar-refractivity contribution in [2.45, 2.75) is 90.3 Å². The molecule has 0 amide bonds. The lowest BCUT2D eigenvalue weighted by atomic mass is 9.63. The van der Waals surface area contributed by atoms with Crippen molar-refractivity contribution in [3.8, 4) is 0 Å². The minimum Gasteiger partial charge on any atom is -0.413 e. The molecular formula is C29H41BrOSi. The van der Waals surface area contributed by atoms with E-state index < -0.39 is 8.32 Å². The maximum absolute atomic E-state index is 6.66. The van der Waals surface area contributed by atoms with Crippen molar-refractivity contribution >= 4 is 35.9 Å². The summed E-state index contributed by atoms with van der Waals surface area (Å²) in [5.41, 5.74) is 7.19. The van der Waals surface area contributed by atoms with E-state index in [1.54, 1.807) is 0 Å². The van der Waals surface area contributed by atoms with Crippen LogP contribution in [0, 0.1) is 0 Å². The number of benzene rings is 2. The molecule has 0 unspecified atom stereocenters. The van der Waals surface area contributed by atoms with Gasteiger partial charge in [0, 0.05) is 4.47 Å². The summed E-state index contributed by atoms with van der Waals surface area (Å²) in [5.74, 6) is 0. The predicted octanol–water partition coefficient (Wildman–Crippen LogP) is 9.36. The fraction of sp³-hybridized carbons (Fsp3) is 0.517. The summed E-state index contributed by atoms with van der Waals surface area (Å²) in [6.07, 6.45) is 4.81. The summed E-state index contributed by atoms with van der Waals surface area (Å²) < 4.78 is 7.76. The molecular weight excluding hydrogens is 472 g/mol. The maximum atomic E-state index is 6.66. The topological polar surface area (TPSA) is 9.23 Å². The van der Waals surface area contributed by atoms with Crippen LogP contribution in [0.15, 0.2) is 46.9 Å². The Hall–Kier alpha value is -1.16. The van der Waals surface area contributed by atoms with E-state index in [0.29, 0.717) is 6.61 Å². The zero-order valence-electron chi connectivity index (χ0n) is 21.5. The van der Waals surface area contributed by atoms with Crippen molar-refractivity contribution in [3.63, 3.8) is 0 Å². The number of rotatable bonds is 5. The molecule has 0 fully saturated rings. The van der Waals surface area contributed by atoms with Crippen LogP contribution in [-0.4, -0.2) is 14.9 Å². The Kier molecular flexibility index (Phi) is 7.07. The molecule has 0 spiro atoms. The van der Waals surface area contributed by atoms with Crippen LogP contribution in [0.5, 0.6) is 0 Å². The Bertz CT molecular complexity index is 1010. The fourth-order valence-corrected chi connectivity index (χ4v) is 5.62. The Labute approximate surface area is 205 Å². The highest BCUT2D eigenvalue weighted by Crippen LogP contribution is 2.46. The highest BCUT2D eigenvalue weighted by atomic mass is 79.9. The second kappa shape index (κ2) is 8.89. The van der Waals surface area contributed by atoms with Crippen molar-refractivity contribution in [2.75, 3.05) is 6.61 Å². The molecule has 0 bridgehead atoms. The molecule has 0 saturated heterocycles. The Balaban J connectivity index is 2.05. The second-order valence-electron chi connectivity index (χ2n) is 12.3. The van der Waals surface area contributed by atoms with E-state index in [1.807, 2.05) is 0 Å². The third-order valence-electron chi connectivity index (χ3n) is 7.81. The van der Waals surface area contributed by atoms with Crippen LogP contribution in [0.4, 0.5) is 0 Å². The van der Waals surface area contributed by atoms with Crippen LogP contribution < -0.4 is 0 Å². The standard InChI is InChI=1S/C29H41BrOSi/c1-27(2,3)32(8,9)31-20-23(22-11-10-12-24(30)19-22)17-21-13-14-25-26(18-21)29(6,7)16-15-28(25,4)5/h10-14,17-19H,15-16,20H2,1-9H3/b23-17+. The maximum Gasteiger partial charge on any atom is 0.192 e. The lowest BCUT2D eigenvalue weighted by Gasteiger charge is -2.42. The first-order valence-corrected chi connectivity index (χ1v) is 15.6. The first kappa shape index (κ1) is 25.5. The molecule has 0 aromatic heterocycles. The van der Waals surface area contributed by atoms with Crippen molar-refractivity contribution < 1.29 is 4.43 Å². The fourth-order valence-electron chi connectivity index (χ4n) is 4.27. The molecule has 2 aromatic carbocycles. The molecule has 1 aliphatic carbocycles. The summed E-state index contributed by atoms with van der Waals surface area (Å²) in [4.78, 5) is 0. The highest BCUT2D eigenvalue weighted by molar-refractivity contribution is 9.10. The van der Waals surface area contributed by atoms with Gasteiger partial charge >= 0.3 is 0 Å². The Morgan fingerprint density at radius 3 is 2.19 bits per heavy atom. The van der Waals surface area contributed by atoms with Crippen LogP contribution in [0.3, 0.4) is 0 Å². The van der Waals surface area contributed by atoms with Crippen LogP contribution in [0.1, 0.15) is 83.6 Å². The average Bonchev–Trinajstić information content (AvgIpc) is 2.68. The molecule has 3 rings (SSSR count). The van der Waals surface area contributed by atoms with E-state index in [4.69, 9.17) is 4.43 Å². The third kappa shape index (κ3) is 5.48. The van der Waals surface area contributed by atoms with E-state index in [9.17, 15) is 0 Å². The first-order chi connectivity index (χ1) is 14.6. The summed E-state index contributed by atoms with van der Waals surface area (Å²) in [6, 6.07) is 15.7. The average molecular weight is 514 g/mol. The van der Waals surface area contributed by atoms with Crippen LogP contribution in [-0.2, 0) is 15.3 Å². The number of fused-ring (bicyclic) bond motifs is 1. The summed E-state index contributed by atoms with van der Waals surface area (Å²) in [6.45, 7) is 21.8. The lowest BCUT2D eigenvalue weighted by Crippen LogP contribution is -2.41. The first-order valence-electron chi connectivity index (χ1n) is 11.9. The molecule has 0 saturated carbocycles. The molecule has 0 atom stereocenters. The molecule has 1 aliphatic rings. The van der Waals surface area contributed by atoms with Gasteiger partial charge in [0.15, 0.2) is 8.32 Å². The van der Waals surface area contributed by atoms with Crippen molar-refractivity contribution in [1.29, 1.82) is 0 Å². The third-order valence-corrected chi connectivity index (χ3v) is 12.8. The number of hydrogen-bond donors (Lipinski definition) is 0. The van der Waals surface area contributed by atoms with Gasteiger partial charge in [0.2, 0.25) is 0 Å². The van der Waals surface area contributed by atoms with Crippen LogP contribution in [0.25, 0.3) is 11.6 Å². The molecule has 3 heteroatoms. The van der Waals surface area contributed by atoms with Gasteiger partial charge in [0.25, 0.3) is 0 Å². The van der Waals surface area contributed by atoms with Gasteiger partial charge in [0.1, 0.15) is 0 Å². The van der Waals surface area contributed by atoms with Gasteiger partial charge in [-0.1, -0.05) is 94.7 Å². The summed E-state index contributed by atoms with van der Waals surface area (Å²) in [7, 11) is -1.85. The zero-order valence-corrected chi connectivity index (χ0v) is 24.1. The predicted molar refractivity (Wildman–Crippen MR) is 147 cm³/mol. The summed E-state index contributed by atoms with van der Waals surface area (Å²) >= 11 is 3.66. The van der Waals surface area contributed by atoms with Gasteiger partial charge in [-0.3, -0.25) is 0 Å². The minimum atomic E-state index is -1.85. The lowest BCUT2D eigenvalue weighted by molar-refractivity contribution is 0.332. The van der Waals surface area contributed by atoms with Crippen molar-refractivity contribution in [2.24, 2.45) is 0 Å². The molecule has 32 heavy (non-hydrogen) atoms. The Morgan fingerprint density at radius 2 is 1.59 bits per heavy atom. The van der Waals surface area contributed by atoms with E-state index in [2.05, 4.69) is 126 Å². The van der Waals surface area contributed by atoms with E-state index in [-0.39, 0.29) is 15.9 Å². The smallest absolute Gasteiger partial charge is 0.192 e. The molecule has 0 N–H and O–H groups in total. The monoisotopic (exact) mass is 512 g/mol. The Morgan fingerprint density at radius 1 is 0.969 bits per heavy atom. The SMILES string of the molecule is CC1(C)CCC(C)(C)c2cc(/C=C(\CO[Si](C)(C)C(C)(C)C)c3cccc(Br)c3)ccc21. The zero-order chi connectivity index (χ0) is 23.9. The molecule has 0 aliphatic heterocycles. The molecule has 1 nitrogen and oxygen atoms in total. The van der Waals surface area contributed by atoms with E-state index in [1.165, 1.54) is 40.7 Å². The minimum absolute atomic E-state index is 0.191. The number of halogens is 1. The van der Waals surface area contributed by atoms with Gasteiger partial charge < -0.3 is 4.43 Å². The van der Waals surface area contributed by atoms with Crippen LogP contribution in [0.2, 0.25) is 18.1 Å². The highest BCUT2D eigenvalue weighted by Gasteiger charge is 2.38. The quantitative estimate of drug-likeness (QED) is 0.286. The van der Waals surface area contributed by atoms with Gasteiger partial charge in [-0.2, -0.15) is 0 Å². The van der Waals surface area contributed by atoms with E-state index in [0.717, 1.165) is 4.47 Å².